The number of nitrogens with one attached hydrogen (secondary N) is 1. The molecule has 1 amide bonds. The van der Waals surface area contributed by atoms with Gasteiger partial charge in [0.2, 0.25) is 10.0 Å². The summed E-state index contributed by atoms with van der Waals surface area (Å²) < 4.78 is 26.9. The van der Waals surface area contributed by atoms with Gasteiger partial charge in [0.25, 0.3) is 5.91 Å². The summed E-state index contributed by atoms with van der Waals surface area (Å²) in [6.45, 7) is 3.00. The van der Waals surface area contributed by atoms with E-state index in [1.165, 1.54) is 0 Å². The van der Waals surface area contributed by atoms with E-state index in [0.717, 1.165) is 36.7 Å². The molecule has 0 unspecified atom stereocenters. The normalized spacial score (nSPS) is 18.6. The molecule has 0 spiro atoms. The average Bonchev–Trinajstić information content (AvgIpc) is 2.99. The smallest absolute Gasteiger partial charge is 0.274 e. The maximum atomic E-state index is 13.0. The zero-order valence-corrected chi connectivity index (χ0v) is 15.4. The van der Waals surface area contributed by atoms with Crippen LogP contribution in [0.4, 0.5) is 0 Å². The first-order chi connectivity index (χ1) is 11.8. The summed E-state index contributed by atoms with van der Waals surface area (Å²) >= 11 is 0. The number of aromatic nitrogens is 2. The van der Waals surface area contributed by atoms with Crippen molar-refractivity contribution in [1.29, 1.82) is 0 Å². The number of imidazole rings is 1. The molecule has 3 heterocycles. The molecule has 0 aliphatic carbocycles. The second-order valence-corrected chi connectivity index (χ2v) is 8.48. The third kappa shape index (κ3) is 4.19. The van der Waals surface area contributed by atoms with Crippen LogP contribution in [0.1, 0.15) is 41.7 Å². The molecule has 2 aromatic heterocycles. The van der Waals surface area contributed by atoms with E-state index in [1.54, 1.807) is 6.20 Å². The number of sulfonamides is 1. The van der Waals surface area contributed by atoms with Crippen LogP contribution in [0.25, 0.3) is 5.65 Å². The topological polar surface area (TPSA) is 83.8 Å². The SMILES string of the molecule is Cc1cccn2cc(C(=O)N3CCCC[C@H]3CCNS(C)(=O)=O)nc12. The van der Waals surface area contributed by atoms with Crippen molar-refractivity contribution in [3.05, 3.63) is 35.8 Å². The Morgan fingerprint density at radius 2 is 2.20 bits per heavy atom. The maximum Gasteiger partial charge on any atom is 0.274 e. The van der Waals surface area contributed by atoms with Gasteiger partial charge in [-0.05, 0) is 44.2 Å². The summed E-state index contributed by atoms with van der Waals surface area (Å²) in [5, 5.41) is 0. The molecule has 1 saturated heterocycles. The highest BCUT2D eigenvalue weighted by Gasteiger charge is 2.28. The van der Waals surface area contributed by atoms with Crippen LogP contribution in [0.5, 0.6) is 0 Å². The third-order valence-electron chi connectivity index (χ3n) is 4.63. The fraction of sp³-hybridized carbons (Fsp3) is 0.529. The van der Waals surface area contributed by atoms with Gasteiger partial charge in [0, 0.05) is 31.5 Å². The molecule has 1 aliphatic rings. The van der Waals surface area contributed by atoms with E-state index in [2.05, 4.69) is 9.71 Å². The van der Waals surface area contributed by atoms with E-state index in [0.29, 0.717) is 25.2 Å². The third-order valence-corrected chi connectivity index (χ3v) is 5.36. The molecular weight excluding hydrogens is 340 g/mol. The number of fused-ring (bicyclic) bond motifs is 1. The van der Waals surface area contributed by atoms with Crippen LogP contribution in [-0.2, 0) is 10.0 Å². The number of carbonyl (C=O) groups is 1. The predicted molar refractivity (Wildman–Crippen MR) is 96.1 cm³/mol. The Labute approximate surface area is 148 Å². The van der Waals surface area contributed by atoms with Gasteiger partial charge in [0.1, 0.15) is 11.3 Å². The van der Waals surface area contributed by atoms with Crippen molar-refractivity contribution in [2.75, 3.05) is 19.3 Å². The molecule has 7 nitrogen and oxygen atoms in total. The highest BCUT2D eigenvalue weighted by atomic mass is 32.2. The van der Waals surface area contributed by atoms with Crippen LogP contribution in [0, 0.1) is 6.92 Å². The van der Waals surface area contributed by atoms with Gasteiger partial charge in [-0.15, -0.1) is 0 Å². The molecule has 1 aliphatic heterocycles. The summed E-state index contributed by atoms with van der Waals surface area (Å²) in [5.41, 5.74) is 2.25. The second kappa shape index (κ2) is 7.13. The first kappa shape index (κ1) is 17.9. The molecule has 25 heavy (non-hydrogen) atoms. The Kier molecular flexibility index (Phi) is 5.10. The van der Waals surface area contributed by atoms with Gasteiger partial charge >= 0.3 is 0 Å². The number of piperidine rings is 1. The fourth-order valence-corrected chi connectivity index (χ4v) is 3.87. The largest absolute Gasteiger partial charge is 0.334 e. The summed E-state index contributed by atoms with van der Waals surface area (Å²) in [5.74, 6) is -0.0767. The molecular formula is C17H24N4O3S. The number of nitrogens with zero attached hydrogens (tertiary/aromatic N) is 3. The van der Waals surface area contributed by atoms with Crippen LogP contribution >= 0.6 is 0 Å². The monoisotopic (exact) mass is 364 g/mol. The molecule has 1 N–H and O–H groups in total. The van der Waals surface area contributed by atoms with E-state index in [-0.39, 0.29) is 11.9 Å². The van der Waals surface area contributed by atoms with E-state index in [1.807, 2.05) is 34.6 Å². The van der Waals surface area contributed by atoms with Crippen LogP contribution in [0.15, 0.2) is 24.5 Å². The van der Waals surface area contributed by atoms with Gasteiger partial charge in [-0.1, -0.05) is 6.07 Å². The van der Waals surface area contributed by atoms with E-state index in [9.17, 15) is 13.2 Å². The van der Waals surface area contributed by atoms with Crippen molar-refractivity contribution in [2.45, 2.75) is 38.6 Å². The highest BCUT2D eigenvalue weighted by Crippen LogP contribution is 2.22. The Morgan fingerprint density at radius 3 is 2.92 bits per heavy atom. The van der Waals surface area contributed by atoms with E-state index < -0.39 is 10.0 Å². The van der Waals surface area contributed by atoms with Crippen molar-refractivity contribution >= 4 is 21.6 Å². The molecule has 136 valence electrons. The number of hydrogen-bond acceptors (Lipinski definition) is 4. The van der Waals surface area contributed by atoms with Gasteiger partial charge < -0.3 is 9.30 Å². The fourth-order valence-electron chi connectivity index (χ4n) is 3.38. The molecule has 1 atom stereocenters. The predicted octanol–water partition coefficient (Wildman–Crippen LogP) is 1.58. The Hall–Kier alpha value is -1.93. The van der Waals surface area contributed by atoms with Crippen molar-refractivity contribution in [3.8, 4) is 0 Å². The maximum absolute atomic E-state index is 13.0. The first-order valence-electron chi connectivity index (χ1n) is 8.55. The lowest BCUT2D eigenvalue weighted by Crippen LogP contribution is -2.45. The van der Waals surface area contributed by atoms with Gasteiger partial charge in [-0.25, -0.2) is 18.1 Å². The number of pyridine rings is 1. The van der Waals surface area contributed by atoms with Crippen molar-refractivity contribution < 1.29 is 13.2 Å². The van der Waals surface area contributed by atoms with Crippen LogP contribution in [-0.4, -0.2) is 54.0 Å². The Bertz CT molecular complexity index is 875. The van der Waals surface area contributed by atoms with Gasteiger partial charge in [0.05, 0.1) is 6.26 Å². The van der Waals surface area contributed by atoms with E-state index in [4.69, 9.17) is 0 Å². The highest BCUT2D eigenvalue weighted by molar-refractivity contribution is 7.88. The van der Waals surface area contributed by atoms with Crippen molar-refractivity contribution in [2.24, 2.45) is 0 Å². The van der Waals surface area contributed by atoms with Gasteiger partial charge in [0.15, 0.2) is 0 Å². The lowest BCUT2D eigenvalue weighted by atomic mass is 9.99. The van der Waals surface area contributed by atoms with Crippen LogP contribution in [0.2, 0.25) is 0 Å². The van der Waals surface area contributed by atoms with Crippen LogP contribution < -0.4 is 4.72 Å². The molecule has 2 aromatic rings. The van der Waals surface area contributed by atoms with Crippen molar-refractivity contribution in [1.82, 2.24) is 19.0 Å². The quantitative estimate of drug-likeness (QED) is 0.873. The van der Waals surface area contributed by atoms with Crippen molar-refractivity contribution in [3.63, 3.8) is 0 Å². The number of aryl methyl sites for hydroxylation is 1. The molecule has 0 saturated carbocycles. The summed E-state index contributed by atoms with van der Waals surface area (Å²) in [6, 6.07) is 3.94. The molecule has 8 heteroatoms. The molecule has 0 radical (unpaired) electrons. The zero-order chi connectivity index (χ0) is 18.0. The van der Waals surface area contributed by atoms with Crippen LogP contribution in [0.3, 0.4) is 0 Å². The number of amides is 1. The molecule has 0 bridgehead atoms. The Morgan fingerprint density at radius 1 is 1.40 bits per heavy atom. The standard InChI is InChI=1S/C17H24N4O3S/c1-13-6-5-10-20-12-15(19-16(13)20)17(22)21-11-4-3-7-14(21)8-9-18-25(2,23)24/h5-6,10,12,14,18H,3-4,7-9,11H2,1-2H3/t14-/m0/s1. The first-order valence-corrected chi connectivity index (χ1v) is 10.4. The Balaban J connectivity index is 1.76. The van der Waals surface area contributed by atoms with E-state index >= 15 is 0 Å². The van der Waals surface area contributed by atoms with Gasteiger partial charge in [-0.3, -0.25) is 4.79 Å². The minimum Gasteiger partial charge on any atom is -0.334 e. The van der Waals surface area contributed by atoms with Gasteiger partial charge in [-0.2, -0.15) is 0 Å². The summed E-state index contributed by atoms with van der Waals surface area (Å²) in [4.78, 5) is 19.3. The molecule has 3 rings (SSSR count). The average molecular weight is 364 g/mol. The zero-order valence-electron chi connectivity index (χ0n) is 14.6. The second-order valence-electron chi connectivity index (χ2n) is 6.65. The lowest BCUT2D eigenvalue weighted by molar-refractivity contribution is 0.0598. The lowest BCUT2D eigenvalue weighted by Gasteiger charge is -2.35. The number of likely N-dealkylation sites (tertiary alicyclic amines) is 1. The summed E-state index contributed by atoms with van der Waals surface area (Å²) in [6.07, 6.45) is 8.33. The number of carbonyl (C=O) groups excluding carboxylic acids is 1. The number of hydrogen-bond donors (Lipinski definition) is 1. The minimum absolute atomic E-state index is 0.0430. The number of rotatable bonds is 5. The molecule has 0 aromatic carbocycles. The molecule has 1 fully saturated rings. The summed E-state index contributed by atoms with van der Waals surface area (Å²) in [7, 11) is -3.21. The minimum atomic E-state index is -3.21.